The molecule has 1 aliphatic rings. The van der Waals surface area contributed by atoms with Gasteiger partial charge in [-0.05, 0) is 44.5 Å². The minimum absolute atomic E-state index is 0.0349. The van der Waals surface area contributed by atoms with Gasteiger partial charge in [0.1, 0.15) is 5.75 Å². The number of nitrogens with zero attached hydrogens (tertiary/aromatic N) is 1. The lowest BCUT2D eigenvalue weighted by Crippen LogP contribution is -2.48. The number of halogens is 2. The summed E-state index contributed by atoms with van der Waals surface area (Å²) in [5, 5.41) is 6.17. The first-order chi connectivity index (χ1) is 12.5. The minimum atomic E-state index is -0.994. The standard InChI is InChI=1S/C19H21F2N3O2/c1-19(7-3-8-22-12-19)18(25)24-11-13-4-2-9-23-17(13)26-14-5-6-15(20)16(21)10-14/h2,4-6,9-10,22H,3,7-8,11-12H2,1H3,(H,24,25)/t19-/m0/s1. The van der Waals surface area contributed by atoms with Crippen molar-refractivity contribution in [3.05, 3.63) is 53.7 Å². The summed E-state index contributed by atoms with van der Waals surface area (Å²) in [6.45, 7) is 3.75. The molecule has 0 unspecified atom stereocenters. The quantitative estimate of drug-likeness (QED) is 0.859. The lowest BCUT2D eigenvalue weighted by molar-refractivity contribution is -0.131. The highest BCUT2D eigenvalue weighted by Crippen LogP contribution is 2.27. The smallest absolute Gasteiger partial charge is 0.227 e. The van der Waals surface area contributed by atoms with Gasteiger partial charge in [-0.25, -0.2) is 13.8 Å². The van der Waals surface area contributed by atoms with Gasteiger partial charge in [-0.1, -0.05) is 6.07 Å². The molecule has 2 aromatic rings. The molecule has 2 N–H and O–H groups in total. The molecule has 1 aromatic heterocycles. The fourth-order valence-corrected chi connectivity index (χ4v) is 2.94. The molecule has 0 spiro atoms. The number of benzene rings is 1. The molecule has 3 rings (SSSR count). The van der Waals surface area contributed by atoms with Crippen LogP contribution in [0.1, 0.15) is 25.3 Å². The normalized spacial score (nSPS) is 19.8. The Bertz CT molecular complexity index is 792. The third kappa shape index (κ3) is 4.16. The van der Waals surface area contributed by atoms with Gasteiger partial charge in [-0.15, -0.1) is 0 Å². The van der Waals surface area contributed by atoms with Crippen molar-refractivity contribution < 1.29 is 18.3 Å². The van der Waals surface area contributed by atoms with Crippen molar-refractivity contribution in [1.29, 1.82) is 0 Å². The Morgan fingerprint density at radius 3 is 2.92 bits per heavy atom. The number of rotatable bonds is 5. The van der Waals surface area contributed by atoms with Gasteiger partial charge in [0.25, 0.3) is 0 Å². The van der Waals surface area contributed by atoms with E-state index in [1.165, 1.54) is 12.3 Å². The van der Waals surface area contributed by atoms with Crippen LogP contribution < -0.4 is 15.4 Å². The summed E-state index contributed by atoms with van der Waals surface area (Å²) in [5.41, 5.74) is 0.208. The number of hydrogen-bond acceptors (Lipinski definition) is 4. The number of carbonyl (C=O) groups excluding carboxylic acids is 1. The van der Waals surface area contributed by atoms with Gasteiger partial charge in [0, 0.05) is 30.9 Å². The Morgan fingerprint density at radius 2 is 2.19 bits per heavy atom. The van der Waals surface area contributed by atoms with E-state index in [4.69, 9.17) is 4.74 Å². The van der Waals surface area contributed by atoms with Crippen molar-refractivity contribution in [2.75, 3.05) is 13.1 Å². The molecule has 26 heavy (non-hydrogen) atoms. The third-order valence-corrected chi connectivity index (χ3v) is 4.54. The first kappa shape index (κ1) is 18.3. The van der Waals surface area contributed by atoms with E-state index in [0.717, 1.165) is 31.5 Å². The van der Waals surface area contributed by atoms with Crippen molar-refractivity contribution in [3.63, 3.8) is 0 Å². The van der Waals surface area contributed by atoms with E-state index in [9.17, 15) is 13.6 Å². The second-order valence-electron chi connectivity index (χ2n) is 6.67. The molecule has 7 heteroatoms. The van der Waals surface area contributed by atoms with Crippen LogP contribution in [-0.4, -0.2) is 24.0 Å². The number of carbonyl (C=O) groups is 1. The Morgan fingerprint density at radius 1 is 1.35 bits per heavy atom. The van der Waals surface area contributed by atoms with Gasteiger partial charge in [0.2, 0.25) is 11.8 Å². The van der Waals surface area contributed by atoms with Gasteiger partial charge in [0.05, 0.1) is 5.41 Å². The molecule has 138 valence electrons. The van der Waals surface area contributed by atoms with Crippen LogP contribution in [0, 0.1) is 17.0 Å². The number of hydrogen-bond donors (Lipinski definition) is 2. The Labute approximate surface area is 150 Å². The molecule has 0 saturated carbocycles. The van der Waals surface area contributed by atoms with Crippen LogP contribution in [0.3, 0.4) is 0 Å². The van der Waals surface area contributed by atoms with E-state index in [1.807, 2.05) is 6.92 Å². The second-order valence-corrected chi connectivity index (χ2v) is 6.67. The minimum Gasteiger partial charge on any atom is -0.439 e. The van der Waals surface area contributed by atoms with Crippen LogP contribution in [0.15, 0.2) is 36.5 Å². The zero-order valence-electron chi connectivity index (χ0n) is 14.5. The highest BCUT2D eigenvalue weighted by Gasteiger charge is 2.34. The molecule has 0 bridgehead atoms. The molecular weight excluding hydrogens is 340 g/mol. The molecule has 1 atom stereocenters. The molecular formula is C19H21F2N3O2. The maximum Gasteiger partial charge on any atom is 0.227 e. The molecule has 1 amide bonds. The van der Waals surface area contributed by atoms with E-state index in [1.54, 1.807) is 12.1 Å². The lowest BCUT2D eigenvalue weighted by Gasteiger charge is -2.32. The number of pyridine rings is 1. The van der Waals surface area contributed by atoms with Gasteiger partial charge < -0.3 is 15.4 Å². The van der Waals surface area contributed by atoms with Crippen molar-refractivity contribution in [1.82, 2.24) is 15.6 Å². The maximum absolute atomic E-state index is 13.3. The number of nitrogens with one attached hydrogen (secondary N) is 2. The predicted molar refractivity (Wildman–Crippen MR) is 92.7 cm³/mol. The predicted octanol–water partition coefficient (Wildman–Crippen LogP) is 3.16. The SMILES string of the molecule is C[C@]1(C(=O)NCc2cccnc2Oc2ccc(F)c(F)c2)CCCNC1. The van der Waals surface area contributed by atoms with Crippen LogP contribution in [-0.2, 0) is 11.3 Å². The largest absolute Gasteiger partial charge is 0.439 e. The van der Waals surface area contributed by atoms with E-state index >= 15 is 0 Å². The molecule has 1 aliphatic heterocycles. The summed E-state index contributed by atoms with van der Waals surface area (Å²) >= 11 is 0. The zero-order chi connectivity index (χ0) is 18.6. The number of amides is 1. The van der Waals surface area contributed by atoms with E-state index < -0.39 is 17.0 Å². The maximum atomic E-state index is 13.3. The third-order valence-electron chi connectivity index (χ3n) is 4.54. The zero-order valence-corrected chi connectivity index (χ0v) is 14.5. The second kappa shape index (κ2) is 7.78. The average molecular weight is 361 g/mol. The summed E-state index contributed by atoms with van der Waals surface area (Å²) in [6.07, 6.45) is 3.32. The van der Waals surface area contributed by atoms with Crippen molar-refractivity contribution in [2.45, 2.75) is 26.3 Å². The fourth-order valence-electron chi connectivity index (χ4n) is 2.94. The molecule has 1 aromatic carbocycles. The van der Waals surface area contributed by atoms with Crippen LogP contribution in [0.25, 0.3) is 0 Å². The Kier molecular flexibility index (Phi) is 5.46. The molecule has 2 heterocycles. The summed E-state index contributed by atoms with van der Waals surface area (Å²) in [5.74, 6) is -1.59. The number of ether oxygens (including phenoxy) is 1. The van der Waals surface area contributed by atoms with Crippen LogP contribution >= 0.6 is 0 Å². The molecule has 0 radical (unpaired) electrons. The van der Waals surface area contributed by atoms with Crippen LogP contribution in [0.2, 0.25) is 0 Å². The summed E-state index contributed by atoms with van der Waals surface area (Å²) in [4.78, 5) is 16.7. The lowest BCUT2D eigenvalue weighted by atomic mass is 9.82. The van der Waals surface area contributed by atoms with Crippen LogP contribution in [0.4, 0.5) is 8.78 Å². The number of aromatic nitrogens is 1. The monoisotopic (exact) mass is 361 g/mol. The van der Waals surface area contributed by atoms with E-state index in [0.29, 0.717) is 12.1 Å². The summed E-state index contributed by atoms with van der Waals surface area (Å²) in [7, 11) is 0. The number of piperidine rings is 1. The van der Waals surface area contributed by atoms with Crippen LogP contribution in [0.5, 0.6) is 11.6 Å². The highest BCUT2D eigenvalue weighted by molar-refractivity contribution is 5.82. The molecule has 1 fully saturated rings. The fraction of sp³-hybridized carbons (Fsp3) is 0.368. The first-order valence-electron chi connectivity index (χ1n) is 8.54. The summed E-state index contributed by atoms with van der Waals surface area (Å²) < 4.78 is 32.0. The summed E-state index contributed by atoms with van der Waals surface area (Å²) in [6, 6.07) is 6.77. The topological polar surface area (TPSA) is 63.2 Å². The average Bonchev–Trinajstić information content (AvgIpc) is 2.64. The van der Waals surface area contributed by atoms with Crippen molar-refractivity contribution in [3.8, 4) is 11.6 Å². The van der Waals surface area contributed by atoms with E-state index in [2.05, 4.69) is 15.6 Å². The van der Waals surface area contributed by atoms with Crippen molar-refractivity contribution in [2.24, 2.45) is 5.41 Å². The van der Waals surface area contributed by atoms with Crippen molar-refractivity contribution >= 4 is 5.91 Å². The van der Waals surface area contributed by atoms with E-state index in [-0.39, 0.29) is 24.1 Å². The Hall–Kier alpha value is -2.54. The Balaban J connectivity index is 1.69. The van der Waals surface area contributed by atoms with Gasteiger partial charge >= 0.3 is 0 Å². The molecule has 1 saturated heterocycles. The van der Waals surface area contributed by atoms with Gasteiger partial charge in [-0.3, -0.25) is 4.79 Å². The van der Waals surface area contributed by atoms with Gasteiger partial charge in [0.15, 0.2) is 11.6 Å². The first-order valence-corrected chi connectivity index (χ1v) is 8.54. The highest BCUT2D eigenvalue weighted by atomic mass is 19.2. The molecule has 5 nitrogen and oxygen atoms in total. The van der Waals surface area contributed by atoms with Gasteiger partial charge in [-0.2, -0.15) is 0 Å². The molecule has 0 aliphatic carbocycles.